The van der Waals surface area contributed by atoms with Crippen LogP contribution in [0.3, 0.4) is 0 Å². The summed E-state index contributed by atoms with van der Waals surface area (Å²) in [5.74, 6) is -0.426. The van der Waals surface area contributed by atoms with E-state index in [-0.39, 0.29) is 17.7 Å². The second kappa shape index (κ2) is 10.5. The molecule has 2 amide bonds. The van der Waals surface area contributed by atoms with Crippen molar-refractivity contribution in [2.24, 2.45) is 5.92 Å². The van der Waals surface area contributed by atoms with Crippen LogP contribution in [-0.2, 0) is 4.79 Å². The zero-order valence-electron chi connectivity index (χ0n) is 19.7. The van der Waals surface area contributed by atoms with Crippen molar-refractivity contribution in [3.05, 3.63) is 35.2 Å². The molecule has 2 aliphatic rings. The first-order valence-electron chi connectivity index (χ1n) is 12.0. The number of thiazole rings is 1. The summed E-state index contributed by atoms with van der Waals surface area (Å²) in [7, 11) is 0. The number of carbonyl (C=O) groups excluding carboxylic acids is 2. The molecule has 4 rings (SSSR count). The van der Waals surface area contributed by atoms with E-state index in [0.29, 0.717) is 30.9 Å². The van der Waals surface area contributed by atoms with Gasteiger partial charge in [-0.15, -0.1) is 11.3 Å². The molecule has 1 atom stereocenters. The molecule has 34 heavy (non-hydrogen) atoms. The van der Waals surface area contributed by atoms with Crippen molar-refractivity contribution in [2.75, 3.05) is 18.4 Å². The molecule has 8 nitrogen and oxygen atoms in total. The SMILES string of the molecule is CC(C)C[C@H](NC(=O)c1ccccc1-c1csc(NC2CCNCC2)n1)C(=O)NC1(C#N)CC1. The Hall–Kier alpha value is -2.96. The van der Waals surface area contributed by atoms with Gasteiger partial charge in [0, 0.05) is 22.5 Å². The third-order valence-electron chi connectivity index (χ3n) is 6.27. The lowest BCUT2D eigenvalue weighted by molar-refractivity contribution is -0.123. The maximum absolute atomic E-state index is 13.3. The van der Waals surface area contributed by atoms with Gasteiger partial charge in [0.05, 0.1) is 11.8 Å². The Morgan fingerprint density at radius 3 is 2.68 bits per heavy atom. The maximum Gasteiger partial charge on any atom is 0.252 e. The molecular weight excluding hydrogens is 448 g/mol. The van der Waals surface area contributed by atoms with Gasteiger partial charge >= 0.3 is 0 Å². The molecule has 0 bridgehead atoms. The molecule has 1 aromatic carbocycles. The number of amides is 2. The molecule has 2 heterocycles. The topological polar surface area (TPSA) is 119 Å². The molecule has 0 radical (unpaired) electrons. The number of carbonyl (C=O) groups is 2. The molecule has 1 aliphatic heterocycles. The minimum atomic E-state index is -0.770. The summed E-state index contributed by atoms with van der Waals surface area (Å²) in [6.07, 6.45) is 3.90. The van der Waals surface area contributed by atoms with Gasteiger partial charge in [0.1, 0.15) is 11.6 Å². The molecule has 0 unspecified atom stereocenters. The number of piperidine rings is 1. The van der Waals surface area contributed by atoms with E-state index in [1.54, 1.807) is 6.07 Å². The Balaban J connectivity index is 1.49. The molecule has 1 saturated heterocycles. The van der Waals surface area contributed by atoms with Crippen molar-refractivity contribution in [3.63, 3.8) is 0 Å². The van der Waals surface area contributed by atoms with Crippen molar-refractivity contribution in [1.29, 1.82) is 5.26 Å². The summed E-state index contributed by atoms with van der Waals surface area (Å²) in [5, 5.41) is 24.7. The average molecular weight is 481 g/mol. The third-order valence-corrected chi connectivity index (χ3v) is 7.05. The van der Waals surface area contributed by atoms with E-state index in [1.807, 2.05) is 37.4 Å². The fourth-order valence-electron chi connectivity index (χ4n) is 4.16. The van der Waals surface area contributed by atoms with Gasteiger partial charge in [0.15, 0.2) is 5.13 Å². The summed E-state index contributed by atoms with van der Waals surface area (Å²) in [5.41, 5.74) is 1.17. The lowest BCUT2D eigenvalue weighted by Crippen LogP contribution is -2.50. The molecule has 1 aromatic heterocycles. The zero-order valence-corrected chi connectivity index (χ0v) is 20.5. The van der Waals surface area contributed by atoms with Gasteiger partial charge in [0.2, 0.25) is 5.91 Å². The second-order valence-corrected chi connectivity index (χ2v) is 10.4. The largest absolute Gasteiger partial charge is 0.359 e. The van der Waals surface area contributed by atoms with Crippen molar-refractivity contribution in [3.8, 4) is 17.3 Å². The Kier molecular flexibility index (Phi) is 7.49. The number of benzene rings is 1. The number of hydrogen-bond donors (Lipinski definition) is 4. The number of nitrogens with one attached hydrogen (secondary N) is 4. The van der Waals surface area contributed by atoms with Gasteiger partial charge in [-0.1, -0.05) is 32.0 Å². The van der Waals surface area contributed by atoms with Gasteiger partial charge in [-0.2, -0.15) is 5.26 Å². The number of anilines is 1. The van der Waals surface area contributed by atoms with Crippen LogP contribution in [0.5, 0.6) is 0 Å². The van der Waals surface area contributed by atoms with Crippen LogP contribution < -0.4 is 21.3 Å². The number of nitrogens with zero attached hydrogens (tertiary/aromatic N) is 2. The van der Waals surface area contributed by atoms with Crippen LogP contribution in [0.1, 0.15) is 56.3 Å². The van der Waals surface area contributed by atoms with Gasteiger partial charge in [0.25, 0.3) is 5.91 Å². The molecule has 180 valence electrons. The third kappa shape index (κ3) is 5.93. The zero-order chi connectivity index (χ0) is 24.1. The lowest BCUT2D eigenvalue weighted by atomic mass is 10.0. The van der Waals surface area contributed by atoms with Crippen molar-refractivity contribution >= 4 is 28.3 Å². The fourth-order valence-corrected chi connectivity index (χ4v) is 4.95. The van der Waals surface area contributed by atoms with Crippen LogP contribution in [0, 0.1) is 17.2 Å². The molecular formula is C25H32N6O2S. The standard InChI is InChI=1S/C25H32N6O2S/c1-16(2)13-20(23(33)31-25(15-26)9-10-25)29-22(32)19-6-4-3-5-18(19)21-14-34-24(30-21)28-17-7-11-27-12-8-17/h3-6,14,16-17,20,27H,7-13H2,1-2H3,(H,28,30)(H,29,32)(H,31,33)/t20-/m0/s1. The normalized spacial score (nSPS) is 18.1. The minimum Gasteiger partial charge on any atom is -0.359 e. The van der Waals surface area contributed by atoms with Crippen LogP contribution in [0.2, 0.25) is 0 Å². The summed E-state index contributed by atoms with van der Waals surface area (Å²) in [6.45, 7) is 6.01. The number of aromatic nitrogens is 1. The summed E-state index contributed by atoms with van der Waals surface area (Å²) in [4.78, 5) is 31.0. The molecule has 1 aliphatic carbocycles. The van der Waals surface area contributed by atoms with Crippen LogP contribution in [0.15, 0.2) is 29.6 Å². The fraction of sp³-hybridized carbons (Fsp3) is 0.520. The number of nitriles is 1. The van der Waals surface area contributed by atoms with E-state index < -0.39 is 11.6 Å². The van der Waals surface area contributed by atoms with Gasteiger partial charge < -0.3 is 21.3 Å². The quantitative estimate of drug-likeness (QED) is 0.437. The number of rotatable bonds is 9. The molecule has 2 fully saturated rings. The van der Waals surface area contributed by atoms with Crippen molar-refractivity contribution in [2.45, 2.75) is 63.6 Å². The van der Waals surface area contributed by atoms with Crippen LogP contribution >= 0.6 is 11.3 Å². The van der Waals surface area contributed by atoms with E-state index in [4.69, 9.17) is 4.98 Å². The second-order valence-electron chi connectivity index (χ2n) is 9.59. The number of hydrogen-bond acceptors (Lipinski definition) is 7. The maximum atomic E-state index is 13.3. The summed E-state index contributed by atoms with van der Waals surface area (Å²) >= 11 is 1.53. The first-order valence-corrected chi connectivity index (χ1v) is 12.8. The molecule has 0 spiro atoms. The average Bonchev–Trinajstić information content (AvgIpc) is 3.46. The summed E-state index contributed by atoms with van der Waals surface area (Å²) in [6, 6.07) is 9.20. The molecule has 4 N–H and O–H groups in total. The predicted molar refractivity (Wildman–Crippen MR) is 133 cm³/mol. The van der Waals surface area contributed by atoms with Crippen LogP contribution in [0.25, 0.3) is 11.3 Å². The highest BCUT2D eigenvalue weighted by molar-refractivity contribution is 7.14. The molecule has 2 aromatic rings. The smallest absolute Gasteiger partial charge is 0.252 e. The monoisotopic (exact) mass is 480 g/mol. The Labute approximate surface area is 204 Å². The van der Waals surface area contributed by atoms with E-state index >= 15 is 0 Å². The van der Waals surface area contributed by atoms with Gasteiger partial charge in [-0.3, -0.25) is 9.59 Å². The van der Waals surface area contributed by atoms with Crippen molar-refractivity contribution < 1.29 is 9.59 Å². The van der Waals surface area contributed by atoms with Crippen molar-refractivity contribution in [1.82, 2.24) is 20.9 Å². The van der Waals surface area contributed by atoms with Gasteiger partial charge in [-0.25, -0.2) is 4.98 Å². The highest BCUT2D eigenvalue weighted by Crippen LogP contribution is 2.34. The lowest BCUT2D eigenvalue weighted by Gasteiger charge is -2.23. The van der Waals surface area contributed by atoms with Crippen LogP contribution in [0.4, 0.5) is 5.13 Å². The Morgan fingerprint density at radius 2 is 2.00 bits per heavy atom. The Bertz CT molecular complexity index is 1070. The highest BCUT2D eigenvalue weighted by atomic mass is 32.1. The molecule has 1 saturated carbocycles. The molecule has 9 heteroatoms. The van der Waals surface area contributed by atoms with E-state index in [1.165, 1.54) is 11.3 Å². The van der Waals surface area contributed by atoms with E-state index in [0.717, 1.165) is 42.3 Å². The minimum absolute atomic E-state index is 0.200. The van der Waals surface area contributed by atoms with Crippen LogP contribution in [-0.4, -0.2) is 47.5 Å². The summed E-state index contributed by atoms with van der Waals surface area (Å²) < 4.78 is 0. The Morgan fingerprint density at radius 1 is 1.26 bits per heavy atom. The highest BCUT2D eigenvalue weighted by Gasteiger charge is 2.45. The van der Waals surface area contributed by atoms with E-state index in [9.17, 15) is 14.9 Å². The van der Waals surface area contributed by atoms with Gasteiger partial charge in [-0.05, 0) is 57.2 Å². The predicted octanol–water partition coefficient (Wildman–Crippen LogP) is 3.29. The first kappa shape index (κ1) is 24.2. The first-order chi connectivity index (χ1) is 16.4. The van der Waals surface area contributed by atoms with E-state index in [2.05, 4.69) is 27.3 Å².